The third-order valence-corrected chi connectivity index (χ3v) is 3.97. The molecule has 20 heavy (non-hydrogen) atoms. The minimum atomic E-state index is 0.281. The van der Waals surface area contributed by atoms with E-state index in [1.54, 1.807) is 6.20 Å². The van der Waals surface area contributed by atoms with Gasteiger partial charge in [-0.15, -0.1) is 0 Å². The second-order valence-corrected chi connectivity index (χ2v) is 5.49. The molecule has 3 rings (SSSR count). The maximum absolute atomic E-state index is 5.77. The average molecular weight is 283 g/mol. The first-order valence-corrected chi connectivity index (χ1v) is 7.25. The standard InChI is InChI=1S/C16H17N3S/c17-15(20)13-8-4-10-18-16(13)19-14-9-3-6-11-5-1-2-7-12(11)14/h1-2,4-5,7-8,10,14H,3,6,9H2,(H2,17,20)(H,18,19). The first-order chi connectivity index (χ1) is 9.75. The zero-order valence-corrected chi connectivity index (χ0v) is 12.0. The van der Waals surface area contributed by atoms with E-state index in [4.69, 9.17) is 18.0 Å². The van der Waals surface area contributed by atoms with Gasteiger partial charge in [0.15, 0.2) is 0 Å². The fraction of sp³-hybridized carbons (Fsp3) is 0.250. The molecule has 3 nitrogen and oxygen atoms in total. The van der Waals surface area contributed by atoms with Crippen LogP contribution in [-0.2, 0) is 6.42 Å². The van der Waals surface area contributed by atoms with Crippen LogP contribution in [-0.4, -0.2) is 9.97 Å². The second kappa shape index (κ2) is 5.59. The van der Waals surface area contributed by atoms with Gasteiger partial charge in [0.25, 0.3) is 0 Å². The summed E-state index contributed by atoms with van der Waals surface area (Å²) in [6, 6.07) is 12.6. The minimum absolute atomic E-state index is 0.281. The Kier molecular flexibility index (Phi) is 3.65. The van der Waals surface area contributed by atoms with Crippen LogP contribution >= 0.6 is 12.2 Å². The van der Waals surface area contributed by atoms with Gasteiger partial charge in [0.05, 0.1) is 11.6 Å². The van der Waals surface area contributed by atoms with E-state index in [-0.39, 0.29) is 6.04 Å². The number of hydrogen-bond donors (Lipinski definition) is 2. The van der Waals surface area contributed by atoms with Crippen LogP contribution in [0.2, 0.25) is 0 Å². The van der Waals surface area contributed by atoms with Crippen LogP contribution in [0.5, 0.6) is 0 Å². The highest BCUT2D eigenvalue weighted by molar-refractivity contribution is 7.80. The van der Waals surface area contributed by atoms with Crippen molar-refractivity contribution in [1.82, 2.24) is 4.98 Å². The molecule has 0 saturated carbocycles. The van der Waals surface area contributed by atoms with Crippen molar-refractivity contribution in [2.75, 3.05) is 5.32 Å². The Morgan fingerprint density at radius 3 is 2.95 bits per heavy atom. The molecule has 4 heteroatoms. The Labute approximate surface area is 124 Å². The highest BCUT2D eigenvalue weighted by atomic mass is 32.1. The fourth-order valence-corrected chi connectivity index (χ4v) is 2.95. The summed E-state index contributed by atoms with van der Waals surface area (Å²) in [6.45, 7) is 0. The SMILES string of the molecule is NC(=S)c1cccnc1NC1CCCc2ccccc21. The molecule has 0 bridgehead atoms. The van der Waals surface area contributed by atoms with E-state index < -0.39 is 0 Å². The van der Waals surface area contributed by atoms with Gasteiger partial charge < -0.3 is 11.1 Å². The van der Waals surface area contributed by atoms with E-state index in [1.165, 1.54) is 17.5 Å². The summed E-state index contributed by atoms with van der Waals surface area (Å²) >= 11 is 5.09. The number of rotatable bonds is 3. The first kappa shape index (κ1) is 13.1. The molecule has 0 saturated heterocycles. The van der Waals surface area contributed by atoms with Crippen LogP contribution in [0.15, 0.2) is 42.6 Å². The Hall–Kier alpha value is -1.94. The molecule has 1 unspecified atom stereocenters. The Morgan fingerprint density at radius 1 is 1.25 bits per heavy atom. The first-order valence-electron chi connectivity index (χ1n) is 6.85. The highest BCUT2D eigenvalue weighted by Gasteiger charge is 2.20. The van der Waals surface area contributed by atoms with Crippen LogP contribution in [0.3, 0.4) is 0 Å². The third-order valence-electron chi connectivity index (χ3n) is 3.75. The summed E-state index contributed by atoms with van der Waals surface area (Å²) in [7, 11) is 0. The zero-order valence-electron chi connectivity index (χ0n) is 11.2. The molecule has 1 aromatic carbocycles. The topological polar surface area (TPSA) is 50.9 Å². The number of anilines is 1. The van der Waals surface area contributed by atoms with Crippen molar-refractivity contribution >= 4 is 23.0 Å². The molecule has 0 radical (unpaired) electrons. The third kappa shape index (κ3) is 2.51. The summed E-state index contributed by atoms with van der Waals surface area (Å²) in [5, 5.41) is 3.51. The monoisotopic (exact) mass is 283 g/mol. The predicted molar refractivity (Wildman–Crippen MR) is 85.9 cm³/mol. The van der Waals surface area contributed by atoms with Crippen molar-refractivity contribution < 1.29 is 0 Å². The molecule has 1 aliphatic carbocycles. The Balaban J connectivity index is 1.92. The molecular weight excluding hydrogens is 266 g/mol. The predicted octanol–water partition coefficient (Wildman–Crippen LogP) is 3.21. The minimum Gasteiger partial charge on any atom is -0.389 e. The average Bonchev–Trinajstić information content (AvgIpc) is 2.48. The number of nitrogens with one attached hydrogen (secondary N) is 1. The molecule has 3 N–H and O–H groups in total. The number of aromatic nitrogens is 1. The number of thiocarbonyl (C=S) groups is 1. The van der Waals surface area contributed by atoms with E-state index in [2.05, 4.69) is 34.6 Å². The van der Waals surface area contributed by atoms with E-state index in [0.717, 1.165) is 24.2 Å². The van der Waals surface area contributed by atoms with Crippen LogP contribution < -0.4 is 11.1 Å². The maximum atomic E-state index is 5.77. The molecule has 0 aliphatic heterocycles. The summed E-state index contributed by atoms with van der Waals surface area (Å²) in [6.07, 6.45) is 5.20. The number of nitrogens with two attached hydrogens (primary N) is 1. The molecule has 0 spiro atoms. The van der Waals surface area contributed by atoms with Crippen LogP contribution in [0, 0.1) is 0 Å². The molecule has 0 fully saturated rings. The number of fused-ring (bicyclic) bond motifs is 1. The van der Waals surface area contributed by atoms with E-state index in [9.17, 15) is 0 Å². The maximum Gasteiger partial charge on any atom is 0.136 e. The lowest BCUT2D eigenvalue weighted by Crippen LogP contribution is -2.20. The summed E-state index contributed by atoms with van der Waals surface area (Å²) in [5.74, 6) is 0.779. The lowest BCUT2D eigenvalue weighted by atomic mass is 9.87. The van der Waals surface area contributed by atoms with Gasteiger partial charge in [0, 0.05) is 6.20 Å². The van der Waals surface area contributed by atoms with E-state index in [0.29, 0.717) is 4.99 Å². The van der Waals surface area contributed by atoms with Crippen molar-refractivity contribution in [2.24, 2.45) is 5.73 Å². The van der Waals surface area contributed by atoms with Gasteiger partial charge in [-0.1, -0.05) is 36.5 Å². The van der Waals surface area contributed by atoms with Crippen molar-refractivity contribution in [3.63, 3.8) is 0 Å². The molecule has 102 valence electrons. The van der Waals surface area contributed by atoms with Crippen molar-refractivity contribution in [3.8, 4) is 0 Å². The molecule has 1 atom stereocenters. The Bertz CT molecular complexity index is 639. The normalized spacial score (nSPS) is 17.3. The molecule has 0 amide bonds. The van der Waals surface area contributed by atoms with E-state index >= 15 is 0 Å². The lowest BCUT2D eigenvalue weighted by Gasteiger charge is -2.27. The van der Waals surface area contributed by atoms with Gasteiger partial charge in [-0.25, -0.2) is 4.98 Å². The van der Waals surface area contributed by atoms with Crippen molar-refractivity contribution in [2.45, 2.75) is 25.3 Å². The van der Waals surface area contributed by atoms with Gasteiger partial charge in [0.2, 0.25) is 0 Å². The number of benzene rings is 1. The number of pyridine rings is 1. The molecule has 1 heterocycles. The van der Waals surface area contributed by atoms with E-state index in [1.807, 2.05) is 12.1 Å². The fourth-order valence-electron chi connectivity index (χ4n) is 2.79. The van der Waals surface area contributed by atoms with Gasteiger partial charge in [-0.05, 0) is 42.5 Å². The number of aryl methyl sites for hydroxylation is 1. The highest BCUT2D eigenvalue weighted by Crippen LogP contribution is 2.32. The summed E-state index contributed by atoms with van der Waals surface area (Å²) in [4.78, 5) is 4.77. The van der Waals surface area contributed by atoms with Crippen molar-refractivity contribution in [1.29, 1.82) is 0 Å². The molecule has 1 aromatic heterocycles. The van der Waals surface area contributed by atoms with Gasteiger partial charge in [-0.3, -0.25) is 0 Å². The van der Waals surface area contributed by atoms with Crippen LogP contribution in [0.25, 0.3) is 0 Å². The van der Waals surface area contributed by atoms with Crippen molar-refractivity contribution in [3.05, 3.63) is 59.3 Å². The second-order valence-electron chi connectivity index (χ2n) is 5.05. The largest absolute Gasteiger partial charge is 0.389 e. The molecular formula is C16H17N3S. The smallest absolute Gasteiger partial charge is 0.136 e. The zero-order chi connectivity index (χ0) is 13.9. The lowest BCUT2D eigenvalue weighted by molar-refractivity contribution is 0.598. The van der Waals surface area contributed by atoms with Gasteiger partial charge >= 0.3 is 0 Å². The summed E-state index contributed by atoms with van der Waals surface area (Å²) < 4.78 is 0. The molecule has 2 aromatic rings. The van der Waals surface area contributed by atoms with Crippen LogP contribution in [0.1, 0.15) is 35.6 Å². The van der Waals surface area contributed by atoms with Crippen LogP contribution in [0.4, 0.5) is 5.82 Å². The summed E-state index contributed by atoms with van der Waals surface area (Å²) in [5.41, 5.74) is 9.36. The Morgan fingerprint density at radius 2 is 2.10 bits per heavy atom. The molecule has 1 aliphatic rings. The number of nitrogens with zero attached hydrogens (tertiary/aromatic N) is 1. The number of hydrogen-bond acceptors (Lipinski definition) is 3. The van der Waals surface area contributed by atoms with Gasteiger partial charge in [-0.2, -0.15) is 0 Å². The van der Waals surface area contributed by atoms with Gasteiger partial charge in [0.1, 0.15) is 10.8 Å². The quantitative estimate of drug-likeness (QED) is 0.849.